The molecule has 156 valence electrons. The van der Waals surface area contributed by atoms with Crippen molar-refractivity contribution in [3.05, 3.63) is 87.4 Å². The van der Waals surface area contributed by atoms with E-state index in [0.717, 1.165) is 22.4 Å². The van der Waals surface area contributed by atoms with Crippen molar-refractivity contribution in [2.45, 2.75) is 13.2 Å². The topological polar surface area (TPSA) is 52.1 Å². The van der Waals surface area contributed by atoms with Crippen LogP contribution in [0.1, 0.15) is 16.7 Å². The van der Waals surface area contributed by atoms with Crippen LogP contribution < -0.4 is 19.6 Å². The van der Waals surface area contributed by atoms with Crippen LogP contribution in [0.4, 0.5) is 0 Å². The van der Waals surface area contributed by atoms with Crippen LogP contribution in [0.25, 0.3) is 0 Å². The van der Waals surface area contributed by atoms with Gasteiger partial charge in [-0.25, -0.2) is 0 Å². The second kappa shape index (κ2) is 10.8. The molecule has 0 aliphatic carbocycles. The molecule has 0 fully saturated rings. The Hall–Kier alpha value is -2.89. The molecule has 0 aliphatic heterocycles. The average Bonchev–Trinajstić information content (AvgIpc) is 2.78. The van der Waals surface area contributed by atoms with E-state index in [0.29, 0.717) is 34.7 Å². The summed E-state index contributed by atoms with van der Waals surface area (Å²) in [6.45, 7) is 0.921. The first kappa shape index (κ1) is 21.8. The summed E-state index contributed by atoms with van der Waals surface area (Å²) >= 11 is 12.0. The molecule has 30 heavy (non-hydrogen) atoms. The van der Waals surface area contributed by atoms with Crippen LogP contribution in [0.5, 0.6) is 17.2 Å². The lowest BCUT2D eigenvalue weighted by Crippen LogP contribution is -2.06. The second-order valence-corrected chi connectivity index (χ2v) is 7.17. The number of para-hydroxylation sites is 1. The van der Waals surface area contributed by atoms with Crippen molar-refractivity contribution in [3.63, 3.8) is 0 Å². The molecular weight excluding hydrogens is 423 g/mol. The highest BCUT2D eigenvalue weighted by Gasteiger charge is 2.05. The van der Waals surface area contributed by atoms with Crippen molar-refractivity contribution in [1.29, 1.82) is 0 Å². The predicted molar refractivity (Wildman–Crippen MR) is 121 cm³/mol. The van der Waals surface area contributed by atoms with E-state index >= 15 is 0 Å². The molecule has 0 saturated heterocycles. The maximum atomic E-state index is 6.07. The van der Waals surface area contributed by atoms with Gasteiger partial charge >= 0.3 is 0 Å². The molecule has 0 aliphatic rings. The third-order valence-corrected chi connectivity index (χ3v) is 5.06. The van der Waals surface area contributed by atoms with E-state index in [9.17, 15) is 0 Å². The van der Waals surface area contributed by atoms with E-state index in [-0.39, 0.29) is 0 Å². The summed E-state index contributed by atoms with van der Waals surface area (Å²) in [5.41, 5.74) is 5.85. The molecule has 0 radical (unpaired) electrons. The molecule has 3 aromatic carbocycles. The van der Waals surface area contributed by atoms with Crippen molar-refractivity contribution >= 4 is 29.4 Å². The second-order valence-electron chi connectivity index (χ2n) is 6.36. The number of benzene rings is 3. The maximum absolute atomic E-state index is 6.07. The lowest BCUT2D eigenvalue weighted by molar-refractivity contribution is 0.306. The predicted octanol–water partition coefficient (Wildman–Crippen LogP) is 5.71. The fourth-order valence-corrected chi connectivity index (χ4v) is 3.07. The molecule has 0 amide bonds. The molecule has 0 spiro atoms. The SMILES string of the molecule is COc1ccc(CN/N=C/c2ccccc2OCc2ccc(Cl)c(Cl)c2)cc1OC. The summed E-state index contributed by atoms with van der Waals surface area (Å²) in [6, 6.07) is 18.9. The van der Waals surface area contributed by atoms with Crippen molar-refractivity contribution in [3.8, 4) is 17.2 Å². The highest BCUT2D eigenvalue weighted by Crippen LogP contribution is 2.27. The summed E-state index contributed by atoms with van der Waals surface area (Å²) in [5.74, 6) is 2.10. The standard InChI is InChI=1S/C23H22Cl2N2O3/c1-28-22-10-8-16(12-23(22)29-2)13-26-27-14-18-5-3-4-6-21(18)30-15-17-7-9-19(24)20(25)11-17/h3-12,14,26H,13,15H2,1-2H3/b27-14+. The minimum absolute atomic E-state index is 0.376. The molecule has 0 aromatic heterocycles. The van der Waals surface area contributed by atoms with Gasteiger partial charge in [-0.2, -0.15) is 5.10 Å². The zero-order chi connectivity index (χ0) is 21.3. The van der Waals surface area contributed by atoms with Crippen molar-refractivity contribution < 1.29 is 14.2 Å². The number of hydrogen-bond donors (Lipinski definition) is 1. The molecular formula is C23H22Cl2N2O3. The summed E-state index contributed by atoms with van der Waals surface area (Å²) < 4.78 is 16.5. The van der Waals surface area contributed by atoms with E-state index in [4.69, 9.17) is 37.4 Å². The third-order valence-electron chi connectivity index (χ3n) is 4.32. The Bertz CT molecular complexity index is 1030. The Kier molecular flexibility index (Phi) is 7.82. The number of rotatable bonds is 9. The van der Waals surface area contributed by atoms with Crippen LogP contribution in [0.3, 0.4) is 0 Å². The number of methoxy groups -OCH3 is 2. The Balaban J connectivity index is 1.60. The number of nitrogens with one attached hydrogen (secondary N) is 1. The van der Waals surface area contributed by atoms with Crippen LogP contribution >= 0.6 is 23.2 Å². The Morgan fingerprint density at radius 3 is 2.37 bits per heavy atom. The normalized spacial score (nSPS) is 10.8. The van der Waals surface area contributed by atoms with Crippen LogP contribution in [0.2, 0.25) is 10.0 Å². The highest BCUT2D eigenvalue weighted by molar-refractivity contribution is 6.42. The largest absolute Gasteiger partial charge is 0.493 e. The van der Waals surface area contributed by atoms with Crippen LogP contribution in [0.15, 0.2) is 65.8 Å². The average molecular weight is 445 g/mol. The van der Waals surface area contributed by atoms with Crippen LogP contribution in [0, 0.1) is 0 Å². The van der Waals surface area contributed by atoms with Gasteiger partial charge in [-0.15, -0.1) is 0 Å². The molecule has 1 N–H and O–H groups in total. The van der Waals surface area contributed by atoms with Crippen molar-refractivity contribution in [2.75, 3.05) is 14.2 Å². The fourth-order valence-electron chi connectivity index (χ4n) is 2.75. The Labute approximate surface area is 186 Å². The number of ether oxygens (including phenoxy) is 3. The molecule has 5 nitrogen and oxygen atoms in total. The molecule has 0 saturated carbocycles. The first-order chi connectivity index (χ1) is 14.6. The smallest absolute Gasteiger partial charge is 0.161 e. The lowest BCUT2D eigenvalue weighted by atomic mass is 10.2. The van der Waals surface area contributed by atoms with Gasteiger partial charge in [0.05, 0.1) is 37.0 Å². The van der Waals surface area contributed by atoms with Crippen LogP contribution in [-0.4, -0.2) is 20.4 Å². The Morgan fingerprint density at radius 2 is 1.60 bits per heavy atom. The van der Waals surface area contributed by atoms with Gasteiger partial charge in [0.15, 0.2) is 11.5 Å². The van der Waals surface area contributed by atoms with Gasteiger partial charge < -0.3 is 19.6 Å². The van der Waals surface area contributed by atoms with Crippen molar-refractivity contribution in [2.24, 2.45) is 5.10 Å². The first-order valence-corrected chi connectivity index (χ1v) is 9.99. The maximum Gasteiger partial charge on any atom is 0.161 e. The van der Waals surface area contributed by atoms with Gasteiger partial charge in [-0.3, -0.25) is 0 Å². The van der Waals surface area contributed by atoms with Gasteiger partial charge in [0.1, 0.15) is 12.4 Å². The zero-order valence-electron chi connectivity index (χ0n) is 16.7. The fraction of sp³-hybridized carbons (Fsp3) is 0.174. The van der Waals surface area contributed by atoms with Gasteiger partial charge in [0.25, 0.3) is 0 Å². The number of hydrazone groups is 1. The first-order valence-electron chi connectivity index (χ1n) is 9.23. The quantitative estimate of drug-likeness (QED) is 0.339. The van der Waals surface area contributed by atoms with Crippen LogP contribution in [-0.2, 0) is 13.2 Å². The highest BCUT2D eigenvalue weighted by atomic mass is 35.5. The molecule has 0 unspecified atom stereocenters. The number of nitrogens with zero attached hydrogens (tertiary/aromatic N) is 1. The lowest BCUT2D eigenvalue weighted by Gasteiger charge is -2.10. The number of halogens is 2. The summed E-state index contributed by atoms with van der Waals surface area (Å²) in [7, 11) is 3.23. The van der Waals surface area contributed by atoms with E-state index in [1.807, 2.05) is 48.5 Å². The molecule has 0 heterocycles. The summed E-state index contributed by atoms with van der Waals surface area (Å²) in [5, 5.41) is 5.34. The summed E-state index contributed by atoms with van der Waals surface area (Å²) in [6.07, 6.45) is 1.73. The zero-order valence-corrected chi connectivity index (χ0v) is 18.2. The van der Waals surface area contributed by atoms with E-state index in [2.05, 4.69) is 10.5 Å². The van der Waals surface area contributed by atoms with E-state index < -0.39 is 0 Å². The Morgan fingerprint density at radius 1 is 0.833 bits per heavy atom. The van der Waals surface area contributed by atoms with Gasteiger partial charge in [0, 0.05) is 5.56 Å². The monoisotopic (exact) mass is 444 g/mol. The molecule has 3 aromatic rings. The van der Waals surface area contributed by atoms with Gasteiger partial charge in [-0.05, 0) is 47.5 Å². The molecule has 3 rings (SSSR count). The van der Waals surface area contributed by atoms with Gasteiger partial charge in [0.2, 0.25) is 0 Å². The number of hydrogen-bond acceptors (Lipinski definition) is 5. The third kappa shape index (κ3) is 5.81. The molecule has 7 heteroatoms. The summed E-state index contributed by atoms with van der Waals surface area (Å²) in [4.78, 5) is 0. The van der Waals surface area contributed by atoms with Gasteiger partial charge in [-0.1, -0.05) is 47.5 Å². The minimum Gasteiger partial charge on any atom is -0.493 e. The van der Waals surface area contributed by atoms with E-state index in [1.165, 1.54) is 0 Å². The minimum atomic E-state index is 0.376. The van der Waals surface area contributed by atoms with Crippen molar-refractivity contribution in [1.82, 2.24) is 5.43 Å². The molecule has 0 atom stereocenters. The molecule has 0 bridgehead atoms. The van der Waals surface area contributed by atoms with E-state index in [1.54, 1.807) is 32.6 Å².